The number of benzene rings is 1. The summed E-state index contributed by atoms with van der Waals surface area (Å²) in [4.78, 5) is 22.2. The lowest BCUT2D eigenvalue weighted by atomic mass is 9.88. The van der Waals surface area contributed by atoms with Crippen molar-refractivity contribution in [3.05, 3.63) is 39.9 Å². The molecule has 2 atom stereocenters. The van der Waals surface area contributed by atoms with Gasteiger partial charge in [0.25, 0.3) is 5.69 Å². The van der Waals surface area contributed by atoms with E-state index in [0.717, 1.165) is 19.3 Å². The summed E-state index contributed by atoms with van der Waals surface area (Å²) in [6, 6.07) is 5.90. The number of nitro groups is 1. The highest BCUT2D eigenvalue weighted by molar-refractivity contribution is 5.82. The number of hydrogen-bond acceptors (Lipinski definition) is 4. The van der Waals surface area contributed by atoms with Gasteiger partial charge in [0.15, 0.2) is 0 Å². The van der Waals surface area contributed by atoms with Crippen LogP contribution in [0.4, 0.5) is 5.69 Å². The number of non-ortho nitro benzene ring substituents is 1. The molecule has 0 bridgehead atoms. The second kappa shape index (κ2) is 5.93. The number of ketones is 1. The number of aliphatic hydroxyl groups is 1. The van der Waals surface area contributed by atoms with Gasteiger partial charge in [0.1, 0.15) is 5.78 Å². The summed E-state index contributed by atoms with van der Waals surface area (Å²) in [6.07, 6.45) is 3.01. The number of carbonyl (C=O) groups excluding carboxylic acids is 1. The van der Waals surface area contributed by atoms with E-state index in [1.165, 1.54) is 18.2 Å². The number of hydrogen-bond donors (Lipinski definition) is 1. The third-order valence-corrected chi connectivity index (χ3v) is 3.66. The number of carbonyl (C=O) groups is 1. The lowest BCUT2D eigenvalue weighted by molar-refractivity contribution is -0.385. The molecule has 1 aliphatic rings. The molecule has 5 heteroatoms. The zero-order chi connectivity index (χ0) is 13.8. The monoisotopic (exact) mass is 263 g/mol. The van der Waals surface area contributed by atoms with Crippen LogP contribution in [0.15, 0.2) is 24.3 Å². The van der Waals surface area contributed by atoms with Crippen molar-refractivity contribution in [1.82, 2.24) is 0 Å². The van der Waals surface area contributed by atoms with Gasteiger partial charge in [-0.05, 0) is 18.4 Å². The highest BCUT2D eigenvalue weighted by Crippen LogP contribution is 2.32. The lowest BCUT2D eigenvalue weighted by Crippen LogP contribution is -2.21. The zero-order valence-electron chi connectivity index (χ0n) is 10.6. The van der Waals surface area contributed by atoms with Gasteiger partial charge in [-0.25, -0.2) is 0 Å². The molecule has 1 saturated carbocycles. The van der Waals surface area contributed by atoms with E-state index in [1.807, 2.05) is 0 Å². The average molecular weight is 263 g/mol. The first-order chi connectivity index (χ1) is 9.09. The number of rotatable bonds is 3. The third kappa shape index (κ3) is 3.17. The minimum atomic E-state index is -0.939. The van der Waals surface area contributed by atoms with Crippen molar-refractivity contribution in [2.45, 2.75) is 38.2 Å². The molecule has 0 aliphatic heterocycles. The standard InChI is InChI=1S/C14H17NO4/c16-13-8-3-1-2-7-12(13)14(17)10-5-4-6-11(9-10)15(18)19/h4-6,9,12,14,17H,1-3,7-8H2/t12-,14-/m0/s1. The molecule has 2 rings (SSSR count). The molecule has 5 nitrogen and oxygen atoms in total. The second-order valence-corrected chi connectivity index (χ2v) is 4.97. The molecule has 0 aromatic heterocycles. The maximum absolute atomic E-state index is 12.0. The molecule has 1 aromatic rings. The van der Waals surface area contributed by atoms with Crippen LogP contribution in [0.25, 0.3) is 0 Å². The highest BCUT2D eigenvalue weighted by Gasteiger charge is 2.29. The Bertz CT molecular complexity index is 486. The van der Waals surface area contributed by atoms with E-state index >= 15 is 0 Å². The summed E-state index contributed by atoms with van der Waals surface area (Å²) in [5.74, 6) is -0.360. The molecule has 0 unspecified atom stereocenters. The minimum Gasteiger partial charge on any atom is -0.388 e. The zero-order valence-corrected chi connectivity index (χ0v) is 10.6. The Morgan fingerprint density at radius 1 is 1.32 bits per heavy atom. The van der Waals surface area contributed by atoms with Gasteiger partial charge >= 0.3 is 0 Å². The number of Topliss-reactive ketones (excluding diaryl/α,β-unsaturated/α-hetero) is 1. The first kappa shape index (κ1) is 13.7. The van der Waals surface area contributed by atoms with Crippen LogP contribution in [-0.2, 0) is 4.79 Å². The fourth-order valence-electron chi connectivity index (χ4n) is 2.58. The Labute approximate surface area is 111 Å². The van der Waals surface area contributed by atoms with Gasteiger partial charge in [0.2, 0.25) is 0 Å². The lowest BCUT2D eigenvalue weighted by Gasteiger charge is -2.20. The molecular formula is C14H17NO4. The SMILES string of the molecule is O=C1CCCCC[C@@H]1[C@@H](O)c1cccc([N+](=O)[O-])c1. The molecule has 1 fully saturated rings. The minimum absolute atomic E-state index is 0.0578. The van der Waals surface area contributed by atoms with Crippen molar-refractivity contribution in [2.75, 3.05) is 0 Å². The van der Waals surface area contributed by atoms with Gasteiger partial charge in [-0.15, -0.1) is 0 Å². The van der Waals surface area contributed by atoms with E-state index in [2.05, 4.69) is 0 Å². The average Bonchev–Trinajstić information content (AvgIpc) is 2.63. The second-order valence-electron chi connectivity index (χ2n) is 4.97. The molecule has 0 radical (unpaired) electrons. The van der Waals surface area contributed by atoms with Crippen molar-refractivity contribution >= 4 is 11.5 Å². The molecule has 0 heterocycles. The number of nitro benzene ring substituents is 1. The highest BCUT2D eigenvalue weighted by atomic mass is 16.6. The van der Waals surface area contributed by atoms with E-state index in [4.69, 9.17) is 0 Å². The van der Waals surface area contributed by atoms with Crippen LogP contribution in [0.5, 0.6) is 0 Å². The van der Waals surface area contributed by atoms with E-state index in [0.29, 0.717) is 18.4 Å². The quantitative estimate of drug-likeness (QED) is 0.516. The smallest absolute Gasteiger partial charge is 0.269 e. The van der Waals surface area contributed by atoms with Crippen molar-refractivity contribution < 1.29 is 14.8 Å². The molecule has 0 amide bonds. The van der Waals surface area contributed by atoms with Crippen molar-refractivity contribution in [3.8, 4) is 0 Å². The first-order valence-electron chi connectivity index (χ1n) is 6.54. The summed E-state index contributed by atoms with van der Waals surface area (Å²) < 4.78 is 0. The normalized spacial score (nSPS) is 21.7. The molecule has 1 aliphatic carbocycles. The predicted octanol–water partition coefficient (Wildman–Crippen LogP) is 2.78. The number of nitrogens with zero attached hydrogens (tertiary/aromatic N) is 1. The van der Waals surface area contributed by atoms with E-state index in [9.17, 15) is 20.0 Å². The molecule has 1 aromatic carbocycles. The summed E-state index contributed by atoms with van der Waals surface area (Å²) >= 11 is 0. The Kier molecular flexibility index (Phi) is 4.27. The van der Waals surface area contributed by atoms with Crippen LogP contribution < -0.4 is 0 Å². The van der Waals surface area contributed by atoms with Crippen LogP contribution in [0.1, 0.15) is 43.8 Å². The van der Waals surface area contributed by atoms with Crippen molar-refractivity contribution in [3.63, 3.8) is 0 Å². The molecule has 102 valence electrons. The van der Waals surface area contributed by atoms with Crippen molar-refractivity contribution in [2.24, 2.45) is 5.92 Å². The summed E-state index contributed by atoms with van der Waals surface area (Å²) in [5, 5.41) is 21.0. The Morgan fingerprint density at radius 3 is 2.84 bits per heavy atom. The van der Waals surface area contributed by atoms with Crippen LogP contribution in [0.3, 0.4) is 0 Å². The van der Waals surface area contributed by atoms with E-state index in [1.54, 1.807) is 6.07 Å². The summed E-state index contributed by atoms with van der Waals surface area (Å²) in [7, 11) is 0. The Hall–Kier alpha value is -1.75. The molecule has 0 spiro atoms. The van der Waals surface area contributed by atoms with Crippen LogP contribution in [0, 0.1) is 16.0 Å². The summed E-state index contributed by atoms with van der Waals surface area (Å²) in [6.45, 7) is 0. The van der Waals surface area contributed by atoms with Gasteiger partial charge in [0.05, 0.1) is 11.0 Å². The summed E-state index contributed by atoms with van der Waals surface area (Å²) in [5.41, 5.74) is 0.395. The fourth-order valence-corrected chi connectivity index (χ4v) is 2.58. The van der Waals surface area contributed by atoms with Crippen molar-refractivity contribution in [1.29, 1.82) is 0 Å². The molecule has 0 saturated heterocycles. The predicted molar refractivity (Wildman–Crippen MR) is 69.6 cm³/mol. The third-order valence-electron chi connectivity index (χ3n) is 3.66. The van der Waals surface area contributed by atoms with Gasteiger partial charge < -0.3 is 5.11 Å². The Balaban J connectivity index is 2.22. The van der Waals surface area contributed by atoms with E-state index in [-0.39, 0.29) is 11.5 Å². The maximum Gasteiger partial charge on any atom is 0.269 e. The van der Waals surface area contributed by atoms with Crippen LogP contribution in [-0.4, -0.2) is 15.8 Å². The van der Waals surface area contributed by atoms with Gasteiger partial charge in [-0.2, -0.15) is 0 Å². The van der Waals surface area contributed by atoms with Gasteiger partial charge in [-0.1, -0.05) is 25.0 Å². The van der Waals surface area contributed by atoms with Gasteiger partial charge in [-0.3, -0.25) is 14.9 Å². The first-order valence-corrected chi connectivity index (χ1v) is 6.54. The van der Waals surface area contributed by atoms with Gasteiger partial charge in [0, 0.05) is 24.5 Å². The molecule has 19 heavy (non-hydrogen) atoms. The topological polar surface area (TPSA) is 80.4 Å². The molecule has 1 N–H and O–H groups in total. The van der Waals surface area contributed by atoms with Crippen LogP contribution in [0.2, 0.25) is 0 Å². The number of aliphatic hydroxyl groups excluding tert-OH is 1. The van der Waals surface area contributed by atoms with E-state index < -0.39 is 16.9 Å². The largest absolute Gasteiger partial charge is 0.388 e. The molecular weight excluding hydrogens is 246 g/mol. The fraction of sp³-hybridized carbons (Fsp3) is 0.500. The van der Waals surface area contributed by atoms with Crippen LogP contribution >= 0.6 is 0 Å². The maximum atomic E-state index is 12.0. The Morgan fingerprint density at radius 2 is 2.11 bits per heavy atom.